The van der Waals surface area contributed by atoms with Crippen LogP contribution in [0.15, 0.2) is 10.9 Å². The smallest absolute Gasteiger partial charge is 0.253 e. The summed E-state index contributed by atoms with van der Waals surface area (Å²) in [4.78, 5) is 17.3. The number of anilines is 1. The van der Waals surface area contributed by atoms with E-state index in [1.165, 1.54) is 6.07 Å². The molecule has 1 aromatic rings. The highest BCUT2D eigenvalue weighted by Gasteiger charge is 2.06. The van der Waals surface area contributed by atoms with Gasteiger partial charge in [0.05, 0.1) is 6.04 Å². The van der Waals surface area contributed by atoms with Crippen LogP contribution in [0.5, 0.6) is 0 Å². The lowest BCUT2D eigenvalue weighted by Crippen LogP contribution is -2.19. The molecule has 0 aliphatic heterocycles. The first-order valence-electron chi connectivity index (χ1n) is 3.75. The fourth-order valence-electron chi connectivity index (χ4n) is 0.865. The third kappa shape index (κ3) is 1.82. The Kier molecular flexibility index (Phi) is 2.44. The van der Waals surface area contributed by atoms with E-state index in [9.17, 15) is 4.79 Å². The van der Waals surface area contributed by atoms with Crippen LogP contribution in [0.2, 0.25) is 0 Å². The Morgan fingerprint density at radius 2 is 2.42 bits per heavy atom. The molecule has 0 saturated carbocycles. The first kappa shape index (κ1) is 8.73. The van der Waals surface area contributed by atoms with E-state index < -0.39 is 0 Å². The molecule has 0 aromatic carbocycles. The number of nitrogens with zero attached hydrogens (tertiary/aromatic N) is 1. The Hall–Kier alpha value is -1.36. The maximum absolute atomic E-state index is 10.9. The molecule has 5 nitrogen and oxygen atoms in total. The number of aromatic amines is 1. The predicted octanol–water partition coefficient (Wildman–Crippen LogP) is -0.238. The molecule has 1 heterocycles. The van der Waals surface area contributed by atoms with Crippen LogP contribution in [-0.4, -0.2) is 9.97 Å². The largest absolute Gasteiger partial charge is 0.383 e. The average molecular weight is 168 g/mol. The van der Waals surface area contributed by atoms with Gasteiger partial charge in [-0.15, -0.1) is 0 Å². The van der Waals surface area contributed by atoms with E-state index in [2.05, 4.69) is 9.97 Å². The van der Waals surface area contributed by atoms with Crippen molar-refractivity contribution in [2.24, 2.45) is 5.73 Å². The number of H-pyrrole nitrogens is 1. The molecule has 0 radical (unpaired) electrons. The van der Waals surface area contributed by atoms with Crippen molar-refractivity contribution in [3.63, 3.8) is 0 Å². The van der Waals surface area contributed by atoms with Gasteiger partial charge < -0.3 is 16.5 Å². The number of rotatable bonds is 2. The van der Waals surface area contributed by atoms with Crippen molar-refractivity contribution in [3.8, 4) is 0 Å². The van der Waals surface area contributed by atoms with Crippen molar-refractivity contribution < 1.29 is 0 Å². The SMILES string of the molecule is CCC(N)c1nc(N)cc(=O)[nH]1. The first-order chi connectivity index (χ1) is 5.63. The molecule has 0 aliphatic carbocycles. The molecule has 1 aromatic heterocycles. The number of nitrogens with two attached hydrogens (primary N) is 2. The standard InChI is InChI=1S/C7H12N4O/c1-2-4(8)7-10-5(9)3-6(12)11-7/h3-4H,2,8H2,1H3,(H3,9,10,11,12). The second-order valence-corrected chi connectivity index (χ2v) is 2.57. The van der Waals surface area contributed by atoms with Gasteiger partial charge in [-0.25, -0.2) is 4.98 Å². The lowest BCUT2D eigenvalue weighted by molar-refractivity contribution is 0.646. The lowest BCUT2D eigenvalue weighted by Gasteiger charge is -2.06. The minimum absolute atomic E-state index is 0.206. The first-order valence-corrected chi connectivity index (χ1v) is 3.75. The fourth-order valence-corrected chi connectivity index (χ4v) is 0.865. The van der Waals surface area contributed by atoms with Gasteiger partial charge in [-0.1, -0.05) is 6.92 Å². The zero-order valence-corrected chi connectivity index (χ0v) is 6.87. The van der Waals surface area contributed by atoms with Crippen molar-refractivity contribution >= 4 is 5.82 Å². The molecule has 12 heavy (non-hydrogen) atoms. The zero-order valence-electron chi connectivity index (χ0n) is 6.87. The highest BCUT2D eigenvalue weighted by atomic mass is 16.1. The third-order valence-corrected chi connectivity index (χ3v) is 1.57. The molecule has 0 bridgehead atoms. The molecule has 0 amide bonds. The van der Waals surface area contributed by atoms with Gasteiger partial charge in [-0.2, -0.15) is 0 Å². The molecule has 0 aliphatic rings. The Morgan fingerprint density at radius 3 is 2.92 bits per heavy atom. The summed E-state index contributed by atoms with van der Waals surface area (Å²) in [5.74, 6) is 0.653. The van der Waals surface area contributed by atoms with Gasteiger partial charge in [0.25, 0.3) is 5.56 Å². The van der Waals surface area contributed by atoms with Gasteiger partial charge in [-0.05, 0) is 6.42 Å². The number of hydrogen-bond donors (Lipinski definition) is 3. The van der Waals surface area contributed by atoms with Gasteiger partial charge in [0, 0.05) is 6.07 Å². The van der Waals surface area contributed by atoms with E-state index in [4.69, 9.17) is 11.5 Å². The maximum atomic E-state index is 10.9. The topological polar surface area (TPSA) is 97.8 Å². The van der Waals surface area contributed by atoms with E-state index in [-0.39, 0.29) is 17.4 Å². The van der Waals surface area contributed by atoms with Crippen molar-refractivity contribution in [2.45, 2.75) is 19.4 Å². The van der Waals surface area contributed by atoms with Crippen LogP contribution in [-0.2, 0) is 0 Å². The van der Waals surface area contributed by atoms with Crippen molar-refractivity contribution in [2.75, 3.05) is 5.73 Å². The minimum Gasteiger partial charge on any atom is -0.383 e. The summed E-state index contributed by atoms with van der Waals surface area (Å²) in [6, 6.07) is 0.979. The minimum atomic E-state index is -0.263. The van der Waals surface area contributed by atoms with E-state index >= 15 is 0 Å². The normalized spacial score (nSPS) is 12.8. The Labute approximate surface area is 69.8 Å². The van der Waals surface area contributed by atoms with Crippen molar-refractivity contribution in [1.29, 1.82) is 0 Å². The van der Waals surface area contributed by atoms with E-state index in [1.54, 1.807) is 0 Å². The molecular formula is C7H12N4O. The molecule has 1 atom stereocenters. The summed E-state index contributed by atoms with van der Waals surface area (Å²) in [5, 5.41) is 0. The van der Waals surface area contributed by atoms with E-state index in [1.807, 2.05) is 6.92 Å². The van der Waals surface area contributed by atoms with E-state index in [0.29, 0.717) is 12.2 Å². The van der Waals surface area contributed by atoms with Crippen LogP contribution in [0.25, 0.3) is 0 Å². The molecular weight excluding hydrogens is 156 g/mol. The van der Waals surface area contributed by atoms with Gasteiger partial charge in [0.2, 0.25) is 0 Å². The zero-order chi connectivity index (χ0) is 9.14. The number of nitrogens with one attached hydrogen (secondary N) is 1. The quantitative estimate of drug-likeness (QED) is 0.567. The molecule has 0 fully saturated rings. The van der Waals surface area contributed by atoms with Gasteiger partial charge >= 0.3 is 0 Å². The predicted molar refractivity (Wildman–Crippen MR) is 46.5 cm³/mol. The average Bonchev–Trinajstić information content (AvgIpc) is 2.01. The maximum Gasteiger partial charge on any atom is 0.253 e. The van der Waals surface area contributed by atoms with E-state index in [0.717, 1.165) is 0 Å². The number of aromatic nitrogens is 2. The van der Waals surface area contributed by atoms with Gasteiger partial charge in [0.15, 0.2) is 0 Å². The summed E-state index contributed by atoms with van der Waals surface area (Å²) in [6.45, 7) is 1.91. The van der Waals surface area contributed by atoms with Crippen LogP contribution in [0, 0.1) is 0 Å². The molecule has 0 spiro atoms. The highest BCUT2D eigenvalue weighted by molar-refractivity contribution is 5.25. The van der Waals surface area contributed by atoms with Gasteiger partial charge in [-0.3, -0.25) is 4.79 Å². The highest BCUT2D eigenvalue weighted by Crippen LogP contribution is 2.06. The third-order valence-electron chi connectivity index (χ3n) is 1.57. The van der Waals surface area contributed by atoms with Crippen LogP contribution >= 0.6 is 0 Å². The van der Waals surface area contributed by atoms with Crippen molar-refractivity contribution in [1.82, 2.24) is 9.97 Å². The molecule has 0 saturated heterocycles. The van der Waals surface area contributed by atoms with Gasteiger partial charge in [0.1, 0.15) is 11.6 Å². The molecule has 5 heteroatoms. The monoisotopic (exact) mass is 168 g/mol. The summed E-state index contributed by atoms with van der Waals surface area (Å²) in [6.07, 6.45) is 0.715. The number of hydrogen-bond acceptors (Lipinski definition) is 4. The fraction of sp³-hybridized carbons (Fsp3) is 0.429. The second-order valence-electron chi connectivity index (χ2n) is 2.57. The summed E-state index contributed by atoms with van der Waals surface area (Å²) < 4.78 is 0. The van der Waals surface area contributed by atoms with Crippen LogP contribution in [0.1, 0.15) is 25.2 Å². The lowest BCUT2D eigenvalue weighted by atomic mass is 10.2. The number of nitrogen functional groups attached to an aromatic ring is 1. The molecule has 1 unspecified atom stereocenters. The summed E-state index contributed by atoms with van der Waals surface area (Å²) in [5.41, 5.74) is 10.7. The van der Waals surface area contributed by atoms with Crippen molar-refractivity contribution in [3.05, 3.63) is 22.2 Å². The summed E-state index contributed by atoms with van der Waals surface area (Å²) in [7, 11) is 0. The Balaban J connectivity index is 3.08. The molecule has 1 rings (SSSR count). The Bertz CT molecular complexity index is 319. The van der Waals surface area contributed by atoms with Crippen LogP contribution in [0.3, 0.4) is 0 Å². The van der Waals surface area contributed by atoms with Crippen LogP contribution < -0.4 is 17.0 Å². The Morgan fingerprint density at radius 1 is 1.75 bits per heavy atom. The molecule has 66 valence electrons. The second kappa shape index (κ2) is 3.36. The summed E-state index contributed by atoms with van der Waals surface area (Å²) >= 11 is 0. The van der Waals surface area contributed by atoms with Crippen LogP contribution in [0.4, 0.5) is 5.82 Å². The molecule has 5 N–H and O–H groups in total.